The van der Waals surface area contributed by atoms with Gasteiger partial charge in [-0.15, -0.1) is 0 Å². The number of rotatable bonds is 24. The van der Waals surface area contributed by atoms with Crippen LogP contribution in [-0.2, 0) is 22.5 Å². The molecule has 0 aromatic heterocycles. The average molecular weight is 567 g/mol. The van der Waals surface area contributed by atoms with Crippen LogP contribution in [-0.4, -0.2) is 44.3 Å². The number of carbonyl (C=O) groups is 1. The average Bonchev–Trinajstić information content (AvgIpc) is 2.97. The number of hydrogen-bond donors (Lipinski definition) is 0. The minimum absolute atomic E-state index is 0.0805. The lowest BCUT2D eigenvalue weighted by molar-refractivity contribution is -0.904. The predicted octanol–water partition coefficient (Wildman–Crippen LogP) is 9.55. The van der Waals surface area contributed by atoms with Crippen molar-refractivity contribution in [2.24, 2.45) is 5.92 Å². The normalized spacial score (nSPS) is 12.3. The number of esters is 1. The SMILES string of the molecule is CCCCCCCCCCCCCc1ccc(OCCCCOC(=O)C(C)CC[N+](C)(C)Cc2ccccc2)cc1. The molecule has 0 saturated heterocycles. The number of unbranched alkanes of at least 4 members (excludes halogenated alkanes) is 11. The van der Waals surface area contributed by atoms with Crippen LogP contribution < -0.4 is 4.74 Å². The van der Waals surface area contributed by atoms with Gasteiger partial charge in [0.15, 0.2) is 0 Å². The summed E-state index contributed by atoms with van der Waals surface area (Å²) in [7, 11) is 4.44. The maximum Gasteiger partial charge on any atom is 0.308 e. The summed E-state index contributed by atoms with van der Waals surface area (Å²) in [6.45, 7) is 7.28. The second-order valence-corrected chi connectivity index (χ2v) is 12.6. The maximum absolute atomic E-state index is 12.4. The van der Waals surface area contributed by atoms with Crippen molar-refractivity contribution in [2.45, 2.75) is 117 Å². The van der Waals surface area contributed by atoms with Gasteiger partial charge in [0.05, 0.1) is 39.8 Å². The van der Waals surface area contributed by atoms with Crippen molar-refractivity contribution in [3.8, 4) is 5.75 Å². The third kappa shape index (κ3) is 17.3. The highest BCUT2D eigenvalue weighted by Crippen LogP contribution is 2.17. The van der Waals surface area contributed by atoms with Crippen molar-refractivity contribution in [2.75, 3.05) is 33.9 Å². The maximum atomic E-state index is 12.4. The van der Waals surface area contributed by atoms with Crippen molar-refractivity contribution in [1.29, 1.82) is 0 Å². The van der Waals surface area contributed by atoms with E-state index in [9.17, 15) is 4.79 Å². The molecule has 1 unspecified atom stereocenters. The molecule has 2 aromatic carbocycles. The molecule has 0 amide bonds. The van der Waals surface area contributed by atoms with Crippen LogP contribution in [0.1, 0.15) is 115 Å². The Morgan fingerprint density at radius 1 is 0.707 bits per heavy atom. The first kappa shape index (κ1) is 34.9. The van der Waals surface area contributed by atoms with E-state index in [-0.39, 0.29) is 11.9 Å². The lowest BCUT2D eigenvalue weighted by Gasteiger charge is -2.30. The van der Waals surface area contributed by atoms with Gasteiger partial charge < -0.3 is 14.0 Å². The molecule has 0 aliphatic carbocycles. The van der Waals surface area contributed by atoms with E-state index in [0.29, 0.717) is 13.2 Å². The molecule has 0 fully saturated rings. The highest BCUT2D eigenvalue weighted by Gasteiger charge is 2.21. The molecule has 230 valence electrons. The lowest BCUT2D eigenvalue weighted by Crippen LogP contribution is -2.40. The largest absolute Gasteiger partial charge is 0.494 e. The summed E-state index contributed by atoms with van der Waals surface area (Å²) in [6, 6.07) is 19.1. The zero-order chi connectivity index (χ0) is 29.6. The van der Waals surface area contributed by atoms with E-state index >= 15 is 0 Å². The number of carbonyl (C=O) groups excluding carboxylic acids is 1. The predicted molar refractivity (Wildman–Crippen MR) is 173 cm³/mol. The minimum atomic E-state index is -0.0842. The van der Waals surface area contributed by atoms with E-state index in [1.165, 1.54) is 81.8 Å². The Labute approximate surface area is 252 Å². The van der Waals surface area contributed by atoms with Crippen LogP contribution in [0.3, 0.4) is 0 Å². The summed E-state index contributed by atoms with van der Waals surface area (Å²) in [5, 5.41) is 0. The summed E-state index contributed by atoms with van der Waals surface area (Å²) < 4.78 is 12.3. The fraction of sp³-hybridized carbons (Fsp3) is 0.649. The van der Waals surface area contributed by atoms with Crippen LogP contribution in [0.5, 0.6) is 5.75 Å². The molecule has 4 heteroatoms. The Hall–Kier alpha value is -2.33. The van der Waals surface area contributed by atoms with Crippen LogP contribution in [0.4, 0.5) is 0 Å². The second-order valence-electron chi connectivity index (χ2n) is 12.6. The molecule has 0 radical (unpaired) electrons. The van der Waals surface area contributed by atoms with Gasteiger partial charge in [-0.05, 0) is 43.4 Å². The van der Waals surface area contributed by atoms with E-state index in [1.54, 1.807) is 0 Å². The monoisotopic (exact) mass is 566 g/mol. The molecule has 2 rings (SSSR count). The third-order valence-corrected chi connectivity index (χ3v) is 8.07. The summed E-state index contributed by atoms with van der Waals surface area (Å²) in [4.78, 5) is 12.4. The molecule has 2 aromatic rings. The quantitative estimate of drug-likeness (QED) is 0.0721. The zero-order valence-electron chi connectivity index (χ0n) is 26.9. The van der Waals surface area contributed by atoms with Crippen LogP contribution in [0.15, 0.2) is 54.6 Å². The molecule has 0 heterocycles. The molecule has 41 heavy (non-hydrogen) atoms. The van der Waals surface area contributed by atoms with E-state index in [0.717, 1.165) is 49.0 Å². The first-order valence-corrected chi connectivity index (χ1v) is 16.6. The van der Waals surface area contributed by atoms with E-state index in [4.69, 9.17) is 9.47 Å². The molecule has 1 atom stereocenters. The van der Waals surface area contributed by atoms with Crippen molar-refractivity contribution in [1.82, 2.24) is 0 Å². The van der Waals surface area contributed by atoms with Crippen molar-refractivity contribution >= 4 is 5.97 Å². The zero-order valence-corrected chi connectivity index (χ0v) is 26.9. The van der Waals surface area contributed by atoms with Gasteiger partial charge in [0.25, 0.3) is 0 Å². The summed E-state index contributed by atoms with van der Waals surface area (Å²) in [5.74, 6) is 0.761. The van der Waals surface area contributed by atoms with Gasteiger partial charge in [0.1, 0.15) is 12.3 Å². The highest BCUT2D eigenvalue weighted by molar-refractivity contribution is 5.71. The highest BCUT2D eigenvalue weighted by atomic mass is 16.5. The molecule has 0 aliphatic rings. The van der Waals surface area contributed by atoms with Crippen molar-refractivity contribution in [3.05, 3.63) is 65.7 Å². The fourth-order valence-electron chi connectivity index (χ4n) is 5.27. The number of ether oxygens (including phenoxy) is 2. The lowest BCUT2D eigenvalue weighted by atomic mass is 10.0. The van der Waals surface area contributed by atoms with Gasteiger partial charge in [-0.25, -0.2) is 0 Å². The summed E-state index contributed by atoms with van der Waals surface area (Å²) in [6.07, 6.45) is 18.9. The van der Waals surface area contributed by atoms with Crippen LogP contribution in [0.2, 0.25) is 0 Å². The number of aryl methyl sites for hydroxylation is 1. The standard InChI is InChI=1S/C37H60NO3/c1-5-6-7-8-9-10-11-12-13-14-16-21-34-24-26-36(27-25-34)40-30-19-20-31-41-37(39)33(2)28-29-38(3,4)32-35-22-17-15-18-23-35/h15,17-18,22-27,33H,5-14,16,19-21,28-32H2,1-4H3/q+1. The first-order valence-electron chi connectivity index (χ1n) is 16.6. The number of quaternary nitrogens is 1. The molecule has 0 bridgehead atoms. The van der Waals surface area contributed by atoms with Gasteiger partial charge >= 0.3 is 5.97 Å². The Bertz CT molecular complexity index is 910. The Balaban J connectivity index is 1.46. The summed E-state index contributed by atoms with van der Waals surface area (Å²) in [5.41, 5.74) is 2.72. The molecule has 0 N–H and O–H groups in total. The molecule has 0 spiro atoms. The van der Waals surface area contributed by atoms with E-state index < -0.39 is 0 Å². The Morgan fingerprint density at radius 2 is 1.29 bits per heavy atom. The Kier molecular flexibility index (Phi) is 18.2. The minimum Gasteiger partial charge on any atom is -0.494 e. The molecular weight excluding hydrogens is 506 g/mol. The van der Waals surface area contributed by atoms with Gasteiger partial charge in [-0.2, -0.15) is 0 Å². The molecular formula is C37H60NO3+. The first-order chi connectivity index (χ1) is 19.9. The van der Waals surface area contributed by atoms with E-state index in [1.807, 2.05) is 13.0 Å². The van der Waals surface area contributed by atoms with Crippen LogP contribution in [0.25, 0.3) is 0 Å². The second kappa shape index (κ2) is 21.4. The Morgan fingerprint density at radius 3 is 1.93 bits per heavy atom. The van der Waals surface area contributed by atoms with Crippen LogP contribution in [0, 0.1) is 5.92 Å². The number of hydrogen-bond acceptors (Lipinski definition) is 3. The van der Waals surface area contributed by atoms with Crippen molar-refractivity contribution in [3.63, 3.8) is 0 Å². The topological polar surface area (TPSA) is 35.5 Å². The summed E-state index contributed by atoms with van der Waals surface area (Å²) >= 11 is 0. The van der Waals surface area contributed by atoms with Crippen molar-refractivity contribution < 1.29 is 18.8 Å². The number of benzene rings is 2. The number of nitrogens with zero attached hydrogens (tertiary/aromatic N) is 1. The third-order valence-electron chi connectivity index (χ3n) is 8.07. The molecule has 0 aliphatic heterocycles. The fourth-order valence-corrected chi connectivity index (χ4v) is 5.27. The van der Waals surface area contributed by atoms with E-state index in [2.05, 4.69) is 69.6 Å². The van der Waals surface area contributed by atoms with Gasteiger partial charge in [0, 0.05) is 12.0 Å². The van der Waals surface area contributed by atoms with Gasteiger partial charge in [-0.1, -0.05) is 121 Å². The van der Waals surface area contributed by atoms with Gasteiger partial charge in [0.2, 0.25) is 0 Å². The van der Waals surface area contributed by atoms with Crippen LogP contribution >= 0.6 is 0 Å². The molecule has 4 nitrogen and oxygen atoms in total. The van der Waals surface area contributed by atoms with Gasteiger partial charge in [-0.3, -0.25) is 4.79 Å². The molecule has 0 saturated carbocycles. The smallest absolute Gasteiger partial charge is 0.308 e.